The summed E-state index contributed by atoms with van der Waals surface area (Å²) in [7, 11) is -3.33. The molecule has 0 radical (unpaired) electrons. The molecular weight excluding hydrogens is 339 g/mol. The van der Waals surface area contributed by atoms with E-state index in [4.69, 9.17) is 5.11 Å². The zero-order chi connectivity index (χ0) is 17.4. The van der Waals surface area contributed by atoms with Gasteiger partial charge < -0.3 is 10.0 Å². The van der Waals surface area contributed by atoms with Crippen molar-refractivity contribution in [3.8, 4) is 0 Å². The zero-order valence-electron chi connectivity index (χ0n) is 12.2. The Morgan fingerprint density at radius 3 is 2.35 bits per heavy atom. The number of hydrogen-bond acceptors (Lipinski definition) is 4. The predicted octanol–water partition coefficient (Wildman–Crippen LogP) is 1.82. The lowest BCUT2D eigenvalue weighted by atomic mass is 9.98. The van der Waals surface area contributed by atoms with Gasteiger partial charge in [0.2, 0.25) is 15.3 Å². The Kier molecular flexibility index (Phi) is 4.87. The highest BCUT2D eigenvalue weighted by molar-refractivity contribution is 7.91. The molecule has 1 saturated heterocycles. The fraction of sp³-hybridized carbons (Fsp3) is 0.667. The Morgan fingerprint density at radius 1 is 1.35 bits per heavy atom. The summed E-state index contributed by atoms with van der Waals surface area (Å²) in [5.41, 5.74) is -3.03. The molecule has 1 aromatic rings. The summed E-state index contributed by atoms with van der Waals surface area (Å²) >= 11 is 0. The van der Waals surface area contributed by atoms with E-state index in [0.717, 1.165) is 16.6 Å². The third-order valence-electron chi connectivity index (χ3n) is 3.85. The van der Waals surface area contributed by atoms with Gasteiger partial charge in [0, 0.05) is 32.1 Å². The highest BCUT2D eigenvalue weighted by atomic mass is 32.2. The van der Waals surface area contributed by atoms with E-state index in [-0.39, 0.29) is 25.9 Å². The molecule has 0 aliphatic carbocycles. The van der Waals surface area contributed by atoms with Gasteiger partial charge in [0.1, 0.15) is 5.69 Å². The molecule has 1 aliphatic heterocycles. The van der Waals surface area contributed by atoms with Gasteiger partial charge in [-0.25, -0.2) is 26.4 Å². The fourth-order valence-electron chi connectivity index (χ4n) is 2.57. The molecule has 7 nitrogen and oxygen atoms in total. The number of nitrogens with zero attached hydrogens (tertiary/aromatic N) is 3. The van der Waals surface area contributed by atoms with Crippen molar-refractivity contribution < 1.29 is 31.5 Å². The van der Waals surface area contributed by atoms with Crippen LogP contribution in [0.25, 0.3) is 0 Å². The second-order valence-electron chi connectivity index (χ2n) is 5.33. The summed E-state index contributed by atoms with van der Waals surface area (Å²) < 4.78 is 65.0. The van der Waals surface area contributed by atoms with Crippen LogP contribution in [0.15, 0.2) is 11.1 Å². The Bertz CT molecular complexity index is 684. The molecule has 23 heavy (non-hydrogen) atoms. The number of aryl methyl sites for hydroxylation is 1. The van der Waals surface area contributed by atoms with Crippen LogP contribution in [0.2, 0.25) is 0 Å². The minimum atomic E-state index is -4.49. The summed E-state index contributed by atoms with van der Waals surface area (Å²) in [6.07, 6.45) is -4.00. The van der Waals surface area contributed by atoms with Crippen molar-refractivity contribution in [3.63, 3.8) is 0 Å². The largest absolute Gasteiger partial charge is 0.465 e. The van der Waals surface area contributed by atoms with Gasteiger partial charge in [0.15, 0.2) is 5.03 Å². The molecule has 0 spiro atoms. The van der Waals surface area contributed by atoms with Crippen molar-refractivity contribution in [2.24, 2.45) is 13.0 Å². The minimum Gasteiger partial charge on any atom is -0.465 e. The molecule has 1 unspecified atom stereocenters. The van der Waals surface area contributed by atoms with Gasteiger partial charge in [-0.15, -0.1) is 0 Å². The zero-order valence-corrected chi connectivity index (χ0v) is 13.0. The van der Waals surface area contributed by atoms with Crippen molar-refractivity contribution in [1.82, 2.24) is 14.7 Å². The Balaban J connectivity index is 2.18. The smallest absolute Gasteiger partial charge is 0.407 e. The SMILES string of the molecule is Cn1nc(C(F)F)cc1S(=O)(=O)C(F)C1CCN(C(=O)O)CC1. The van der Waals surface area contributed by atoms with Gasteiger partial charge in [-0.1, -0.05) is 0 Å². The third-order valence-corrected chi connectivity index (χ3v) is 5.79. The Morgan fingerprint density at radius 2 is 1.91 bits per heavy atom. The van der Waals surface area contributed by atoms with Gasteiger partial charge in [-0.2, -0.15) is 5.10 Å². The molecular formula is C12H16F3N3O4S. The maximum absolute atomic E-state index is 14.5. The molecule has 1 amide bonds. The van der Waals surface area contributed by atoms with Gasteiger partial charge in [0.25, 0.3) is 6.43 Å². The minimum absolute atomic E-state index is 0.0314. The molecule has 1 N–H and O–H groups in total. The average Bonchev–Trinajstić information content (AvgIpc) is 2.89. The molecule has 1 aliphatic rings. The third kappa shape index (κ3) is 3.43. The van der Waals surface area contributed by atoms with Crippen LogP contribution in [0.1, 0.15) is 25.0 Å². The van der Waals surface area contributed by atoms with E-state index < -0.39 is 44.5 Å². The number of sulfone groups is 1. The number of carboxylic acid groups (broad SMARTS) is 1. The van der Waals surface area contributed by atoms with E-state index >= 15 is 0 Å². The van der Waals surface area contributed by atoms with Crippen LogP contribution >= 0.6 is 0 Å². The van der Waals surface area contributed by atoms with E-state index in [1.54, 1.807) is 0 Å². The summed E-state index contributed by atoms with van der Waals surface area (Å²) in [6, 6.07) is 0.666. The quantitative estimate of drug-likeness (QED) is 0.889. The highest BCUT2D eigenvalue weighted by Crippen LogP contribution is 2.31. The van der Waals surface area contributed by atoms with Crippen LogP contribution in [0, 0.1) is 5.92 Å². The molecule has 0 aromatic carbocycles. The van der Waals surface area contributed by atoms with Crippen LogP contribution in [-0.2, 0) is 16.9 Å². The first-order chi connectivity index (χ1) is 10.6. The summed E-state index contributed by atoms with van der Waals surface area (Å²) in [4.78, 5) is 11.9. The van der Waals surface area contributed by atoms with Crippen LogP contribution in [0.4, 0.5) is 18.0 Å². The fourth-order valence-corrected chi connectivity index (χ4v) is 4.27. The first kappa shape index (κ1) is 17.6. The van der Waals surface area contributed by atoms with Crippen LogP contribution in [0.5, 0.6) is 0 Å². The molecule has 1 atom stereocenters. The number of piperidine rings is 1. The number of likely N-dealkylation sites (tertiary alicyclic amines) is 1. The number of alkyl halides is 3. The van der Waals surface area contributed by atoms with Crippen LogP contribution in [-0.4, -0.2) is 52.9 Å². The van der Waals surface area contributed by atoms with Crippen LogP contribution in [0.3, 0.4) is 0 Å². The first-order valence-electron chi connectivity index (χ1n) is 6.82. The van der Waals surface area contributed by atoms with Gasteiger partial charge in [0.05, 0.1) is 0 Å². The summed E-state index contributed by atoms with van der Waals surface area (Å²) in [5.74, 6) is -0.888. The molecule has 0 saturated carbocycles. The molecule has 0 bridgehead atoms. The van der Waals surface area contributed by atoms with E-state index in [1.807, 2.05) is 0 Å². The van der Waals surface area contributed by atoms with Crippen molar-refractivity contribution >= 4 is 15.9 Å². The maximum atomic E-state index is 14.5. The van der Waals surface area contributed by atoms with E-state index in [9.17, 15) is 26.4 Å². The molecule has 2 rings (SSSR count). The van der Waals surface area contributed by atoms with Crippen molar-refractivity contribution in [2.45, 2.75) is 29.8 Å². The van der Waals surface area contributed by atoms with Crippen molar-refractivity contribution in [1.29, 1.82) is 0 Å². The number of rotatable bonds is 4. The summed E-state index contributed by atoms with van der Waals surface area (Å²) in [6.45, 7) is 0.0627. The number of hydrogen-bond donors (Lipinski definition) is 1. The molecule has 1 fully saturated rings. The Hall–Kier alpha value is -1.78. The lowest BCUT2D eigenvalue weighted by Crippen LogP contribution is -2.41. The topological polar surface area (TPSA) is 92.5 Å². The van der Waals surface area contributed by atoms with E-state index in [1.165, 1.54) is 0 Å². The van der Waals surface area contributed by atoms with Crippen molar-refractivity contribution in [2.75, 3.05) is 13.1 Å². The van der Waals surface area contributed by atoms with Gasteiger partial charge >= 0.3 is 6.09 Å². The first-order valence-corrected chi connectivity index (χ1v) is 8.37. The maximum Gasteiger partial charge on any atom is 0.407 e. The van der Waals surface area contributed by atoms with E-state index in [0.29, 0.717) is 6.07 Å². The number of halogens is 3. The van der Waals surface area contributed by atoms with Gasteiger partial charge in [-0.3, -0.25) is 4.68 Å². The second-order valence-corrected chi connectivity index (χ2v) is 7.29. The number of aromatic nitrogens is 2. The summed E-state index contributed by atoms with van der Waals surface area (Å²) in [5, 5.41) is 11.6. The number of amides is 1. The predicted molar refractivity (Wildman–Crippen MR) is 72.6 cm³/mol. The van der Waals surface area contributed by atoms with Gasteiger partial charge in [-0.05, 0) is 12.8 Å². The normalized spacial score (nSPS) is 18.4. The van der Waals surface area contributed by atoms with Crippen LogP contribution < -0.4 is 0 Å². The Labute approximate surface area is 130 Å². The number of carbonyl (C=O) groups is 1. The molecule has 1 aromatic heterocycles. The lowest BCUT2D eigenvalue weighted by molar-refractivity contribution is 0.114. The standard InChI is InChI=1S/C12H16F3N3O4S/c1-17-9(6-8(16-17)10(13)14)23(21,22)11(15)7-2-4-18(5-3-7)12(19)20/h6-7,10-11H,2-5H2,1H3,(H,19,20). The molecule has 11 heteroatoms. The highest BCUT2D eigenvalue weighted by Gasteiger charge is 2.39. The molecule has 2 heterocycles. The average molecular weight is 355 g/mol. The molecule has 130 valence electrons. The van der Waals surface area contributed by atoms with E-state index in [2.05, 4.69) is 5.10 Å². The lowest BCUT2D eigenvalue weighted by Gasteiger charge is -2.31. The monoisotopic (exact) mass is 355 g/mol. The van der Waals surface area contributed by atoms with Crippen molar-refractivity contribution in [3.05, 3.63) is 11.8 Å². The second kappa shape index (κ2) is 6.38.